The minimum atomic E-state index is -0.475. The monoisotopic (exact) mass is 402 g/mol. The maximum absolute atomic E-state index is 12.8. The number of carbonyl (C=O) groups is 2. The number of rotatable bonds is 5. The summed E-state index contributed by atoms with van der Waals surface area (Å²) in [4.78, 5) is 27.1. The molecule has 4 N–H and O–H groups in total. The lowest BCUT2D eigenvalue weighted by atomic mass is 10.0. The zero-order valence-corrected chi connectivity index (χ0v) is 16.8. The van der Waals surface area contributed by atoms with Crippen LogP contribution < -0.4 is 20.4 Å². The summed E-state index contributed by atoms with van der Waals surface area (Å²) in [6.07, 6.45) is 0. The number of piperazine rings is 1. The van der Waals surface area contributed by atoms with E-state index in [4.69, 9.17) is 11.6 Å². The fourth-order valence-electron chi connectivity index (χ4n) is 3.75. The van der Waals surface area contributed by atoms with Crippen molar-refractivity contribution in [2.45, 2.75) is 12.6 Å². The predicted octanol–water partition coefficient (Wildman–Crippen LogP) is -0.180. The molecule has 3 amide bonds. The Balaban J connectivity index is 1.66. The van der Waals surface area contributed by atoms with Crippen LogP contribution in [-0.2, 0) is 11.3 Å². The molecule has 1 atom stereocenters. The molecule has 148 valence electrons. The van der Waals surface area contributed by atoms with E-state index >= 15 is 0 Å². The van der Waals surface area contributed by atoms with Crippen LogP contribution in [0.1, 0.15) is 17.2 Å². The van der Waals surface area contributed by atoms with E-state index in [2.05, 4.69) is 22.8 Å². The Labute approximate surface area is 170 Å². The number of amides is 3. The molecular weight excluding hydrogens is 376 g/mol. The number of halogens is 1. The summed E-state index contributed by atoms with van der Waals surface area (Å²) >= 11 is 5.97. The van der Waals surface area contributed by atoms with Crippen molar-refractivity contribution in [1.82, 2.24) is 10.6 Å². The van der Waals surface area contributed by atoms with Gasteiger partial charge < -0.3 is 15.1 Å². The lowest BCUT2D eigenvalue weighted by molar-refractivity contribution is -1.03. The minimum Gasteiger partial charge on any atom is -0.341 e. The van der Waals surface area contributed by atoms with Crippen molar-refractivity contribution < 1.29 is 19.4 Å². The first-order valence-corrected chi connectivity index (χ1v) is 9.94. The third-order valence-corrected chi connectivity index (χ3v) is 5.49. The largest absolute Gasteiger partial charge is 0.341 e. The molecule has 28 heavy (non-hydrogen) atoms. The van der Waals surface area contributed by atoms with Gasteiger partial charge >= 0.3 is 6.03 Å². The van der Waals surface area contributed by atoms with E-state index in [1.54, 1.807) is 0 Å². The minimum absolute atomic E-state index is 0.262. The highest BCUT2D eigenvalue weighted by Crippen LogP contribution is 2.10. The molecule has 0 unspecified atom stereocenters. The van der Waals surface area contributed by atoms with Crippen molar-refractivity contribution in [3.8, 4) is 0 Å². The van der Waals surface area contributed by atoms with E-state index in [1.165, 1.54) is 22.4 Å². The number of carbonyl (C=O) groups excluding carboxylic acids is 2. The highest BCUT2D eigenvalue weighted by atomic mass is 35.5. The van der Waals surface area contributed by atoms with Crippen LogP contribution in [0, 0.1) is 0 Å². The highest BCUT2D eigenvalue weighted by molar-refractivity contribution is 6.30. The summed E-state index contributed by atoms with van der Waals surface area (Å²) in [6, 6.07) is 16.8. The fourth-order valence-corrected chi connectivity index (χ4v) is 3.87. The number of hydrogen-bond donors (Lipinski definition) is 4. The number of hydrogen-bond acceptors (Lipinski definition) is 2. The second kappa shape index (κ2) is 9.68. The van der Waals surface area contributed by atoms with Crippen LogP contribution in [0.4, 0.5) is 4.79 Å². The first-order valence-electron chi connectivity index (χ1n) is 9.57. The Morgan fingerprint density at radius 2 is 1.64 bits per heavy atom. The van der Waals surface area contributed by atoms with Crippen LogP contribution >= 0.6 is 11.6 Å². The van der Waals surface area contributed by atoms with Crippen LogP contribution in [-0.4, -0.2) is 45.2 Å². The molecule has 6 nitrogen and oxygen atoms in total. The zero-order chi connectivity index (χ0) is 19.9. The number of nitrogens with one attached hydrogen (secondary N) is 4. The normalized spacial score (nSPS) is 20.2. The second-order valence-electron chi connectivity index (χ2n) is 7.12. The molecule has 0 aliphatic carbocycles. The predicted molar refractivity (Wildman–Crippen MR) is 108 cm³/mol. The van der Waals surface area contributed by atoms with Gasteiger partial charge in [0.15, 0.2) is 6.04 Å². The fraction of sp³-hybridized carbons (Fsp3) is 0.333. The van der Waals surface area contributed by atoms with Gasteiger partial charge in [-0.15, -0.1) is 0 Å². The Kier molecular flexibility index (Phi) is 7.03. The SMILES string of the molecule is CNC(=O)NC(=O)[C@H](c1ccccc1)[NH+]1CC[NH+](Cc2ccc(Cl)cc2)CC1. The van der Waals surface area contributed by atoms with Gasteiger partial charge in [-0.3, -0.25) is 10.1 Å². The van der Waals surface area contributed by atoms with Crippen molar-refractivity contribution in [3.05, 3.63) is 70.7 Å². The van der Waals surface area contributed by atoms with Crippen molar-refractivity contribution >= 4 is 23.5 Å². The lowest BCUT2D eigenvalue weighted by Crippen LogP contribution is -3.28. The Morgan fingerprint density at radius 3 is 2.25 bits per heavy atom. The quantitative estimate of drug-likeness (QED) is 0.560. The summed E-state index contributed by atoms with van der Waals surface area (Å²) in [7, 11) is 1.51. The van der Waals surface area contributed by atoms with Crippen molar-refractivity contribution in [2.75, 3.05) is 33.2 Å². The van der Waals surface area contributed by atoms with Crippen LogP contribution in [0.5, 0.6) is 0 Å². The number of quaternary nitrogens is 2. The summed E-state index contributed by atoms with van der Waals surface area (Å²) in [5.74, 6) is -0.262. The molecule has 1 aliphatic rings. The van der Waals surface area contributed by atoms with Crippen molar-refractivity contribution in [1.29, 1.82) is 0 Å². The first-order chi connectivity index (χ1) is 13.6. The Morgan fingerprint density at radius 1 is 1.00 bits per heavy atom. The molecule has 0 aromatic heterocycles. The topological polar surface area (TPSA) is 67.1 Å². The van der Waals surface area contributed by atoms with Gasteiger partial charge in [0.05, 0.1) is 0 Å². The van der Waals surface area contributed by atoms with Gasteiger partial charge in [0.1, 0.15) is 32.7 Å². The molecule has 1 fully saturated rings. The molecule has 1 heterocycles. The van der Waals surface area contributed by atoms with E-state index in [9.17, 15) is 9.59 Å². The third-order valence-electron chi connectivity index (χ3n) is 5.23. The zero-order valence-electron chi connectivity index (χ0n) is 16.0. The average molecular weight is 403 g/mol. The molecule has 0 saturated carbocycles. The summed E-state index contributed by atoms with van der Waals surface area (Å²) in [5.41, 5.74) is 2.19. The first kappa shape index (κ1) is 20.3. The lowest BCUT2D eigenvalue weighted by Gasteiger charge is -2.34. The van der Waals surface area contributed by atoms with E-state index < -0.39 is 12.1 Å². The molecule has 1 saturated heterocycles. The van der Waals surface area contributed by atoms with Crippen LogP contribution in [0.2, 0.25) is 5.02 Å². The summed E-state index contributed by atoms with van der Waals surface area (Å²) in [6.45, 7) is 4.61. The number of imide groups is 1. The average Bonchev–Trinajstić information content (AvgIpc) is 2.72. The van der Waals surface area contributed by atoms with Gasteiger partial charge in [-0.05, 0) is 12.1 Å². The standard InChI is InChI=1S/C21H25ClN4O2/c1-23-21(28)24-20(27)19(17-5-3-2-4-6-17)26-13-11-25(12-14-26)15-16-7-9-18(22)10-8-16/h2-10,19H,11-15H2,1H3,(H2,23,24,27,28)/p+2/t19-/m0/s1. The molecule has 7 heteroatoms. The van der Waals surface area contributed by atoms with Crippen molar-refractivity contribution in [2.24, 2.45) is 0 Å². The van der Waals surface area contributed by atoms with Crippen LogP contribution in [0.3, 0.4) is 0 Å². The van der Waals surface area contributed by atoms with Gasteiger partial charge in [-0.2, -0.15) is 0 Å². The molecule has 1 aliphatic heterocycles. The Bertz CT molecular complexity index is 790. The molecule has 0 radical (unpaired) electrons. The molecular formula is C21H27ClN4O2+2. The van der Waals surface area contributed by atoms with Gasteiger partial charge in [0.25, 0.3) is 5.91 Å². The summed E-state index contributed by atoms with van der Waals surface area (Å²) < 4.78 is 0. The molecule has 0 spiro atoms. The molecule has 2 aromatic rings. The van der Waals surface area contributed by atoms with E-state index in [0.717, 1.165) is 43.3 Å². The summed E-state index contributed by atoms with van der Waals surface area (Å²) in [5, 5.41) is 5.65. The Hall–Kier alpha value is -2.41. The number of urea groups is 1. The van der Waals surface area contributed by atoms with Gasteiger partial charge in [0, 0.05) is 23.2 Å². The van der Waals surface area contributed by atoms with Gasteiger partial charge in [-0.1, -0.05) is 54.1 Å². The highest BCUT2D eigenvalue weighted by Gasteiger charge is 2.36. The van der Waals surface area contributed by atoms with Gasteiger partial charge in [0.2, 0.25) is 0 Å². The van der Waals surface area contributed by atoms with E-state index in [-0.39, 0.29) is 5.91 Å². The second-order valence-corrected chi connectivity index (χ2v) is 7.56. The van der Waals surface area contributed by atoms with Gasteiger partial charge in [-0.25, -0.2) is 4.79 Å². The smallest absolute Gasteiger partial charge is 0.321 e. The maximum Gasteiger partial charge on any atom is 0.321 e. The van der Waals surface area contributed by atoms with Crippen LogP contribution in [0.25, 0.3) is 0 Å². The molecule has 2 aromatic carbocycles. The maximum atomic E-state index is 12.8. The third kappa shape index (κ3) is 5.32. The van der Waals surface area contributed by atoms with Crippen LogP contribution in [0.15, 0.2) is 54.6 Å². The van der Waals surface area contributed by atoms with Crippen molar-refractivity contribution in [3.63, 3.8) is 0 Å². The molecule has 3 rings (SSSR count). The number of benzene rings is 2. The van der Waals surface area contributed by atoms with E-state index in [1.807, 2.05) is 42.5 Å². The molecule has 0 bridgehead atoms. The van der Waals surface area contributed by atoms with E-state index in [0.29, 0.717) is 0 Å².